The molecule has 0 aliphatic rings. The molecule has 24 heavy (non-hydrogen) atoms. The lowest BCUT2D eigenvalue weighted by Gasteiger charge is -2.15. The van der Waals surface area contributed by atoms with E-state index in [0.717, 1.165) is 11.1 Å². The number of nitrogen functional groups attached to an aromatic ring is 1. The first kappa shape index (κ1) is 18.0. The average Bonchev–Trinajstić information content (AvgIpc) is 2.54. The second-order valence-corrected chi connectivity index (χ2v) is 6.92. The molecule has 1 unspecified atom stereocenters. The van der Waals surface area contributed by atoms with Crippen LogP contribution in [-0.4, -0.2) is 24.2 Å². The molecule has 0 saturated carbocycles. The summed E-state index contributed by atoms with van der Waals surface area (Å²) in [4.78, 5) is 0. The van der Waals surface area contributed by atoms with Gasteiger partial charge in [0, 0.05) is 12.0 Å². The van der Waals surface area contributed by atoms with E-state index in [9.17, 15) is 13.0 Å². The van der Waals surface area contributed by atoms with Gasteiger partial charge in [-0.3, -0.25) is 9.96 Å². The van der Waals surface area contributed by atoms with E-state index in [-0.39, 0.29) is 12.3 Å². The standard InChI is InChI=1S/C17H20N2O4S/c1-2-3-16(24(20,21)22)23-15-10-8-13(9-11-15)12-4-6-14(7-5-12)17(18)19/h4-11,16H,2-3H2,1H3,(H3,18,19)(H,20,21,22). The number of nitrogens with two attached hydrogens (primary N) is 1. The number of nitrogens with one attached hydrogen (secondary N) is 1. The van der Waals surface area contributed by atoms with Crippen LogP contribution in [-0.2, 0) is 10.1 Å². The summed E-state index contributed by atoms with van der Waals surface area (Å²) in [6.45, 7) is 1.81. The van der Waals surface area contributed by atoms with Gasteiger partial charge < -0.3 is 10.5 Å². The average molecular weight is 348 g/mol. The number of hydrogen-bond donors (Lipinski definition) is 3. The minimum Gasteiger partial charge on any atom is -0.472 e. The molecule has 1 atom stereocenters. The van der Waals surface area contributed by atoms with Crippen molar-refractivity contribution in [3.8, 4) is 16.9 Å². The third-order valence-electron chi connectivity index (χ3n) is 3.51. The summed E-state index contributed by atoms with van der Waals surface area (Å²) in [6, 6.07) is 14.1. The van der Waals surface area contributed by atoms with E-state index in [1.54, 1.807) is 36.4 Å². The summed E-state index contributed by atoms with van der Waals surface area (Å²) in [6.07, 6.45) is 0.790. The zero-order valence-corrected chi connectivity index (χ0v) is 14.1. The van der Waals surface area contributed by atoms with Crippen LogP contribution in [0.2, 0.25) is 0 Å². The maximum atomic E-state index is 11.3. The molecule has 7 heteroatoms. The van der Waals surface area contributed by atoms with Crippen LogP contribution < -0.4 is 10.5 Å². The highest BCUT2D eigenvalue weighted by Crippen LogP contribution is 2.24. The second-order valence-electron chi connectivity index (χ2n) is 5.37. The molecule has 0 aliphatic carbocycles. The molecule has 0 aliphatic heterocycles. The molecular weight excluding hydrogens is 328 g/mol. The Labute approximate surface area is 141 Å². The zero-order chi connectivity index (χ0) is 17.7. The fourth-order valence-corrected chi connectivity index (χ4v) is 2.99. The van der Waals surface area contributed by atoms with Gasteiger partial charge >= 0.3 is 10.1 Å². The predicted molar refractivity (Wildman–Crippen MR) is 93.8 cm³/mol. The Morgan fingerprint density at radius 2 is 1.62 bits per heavy atom. The summed E-state index contributed by atoms with van der Waals surface area (Å²) >= 11 is 0. The van der Waals surface area contributed by atoms with Crippen LogP contribution in [0.15, 0.2) is 48.5 Å². The van der Waals surface area contributed by atoms with Crippen molar-refractivity contribution < 1.29 is 17.7 Å². The van der Waals surface area contributed by atoms with Crippen molar-refractivity contribution >= 4 is 16.0 Å². The molecule has 0 amide bonds. The summed E-state index contributed by atoms with van der Waals surface area (Å²) in [7, 11) is -4.25. The van der Waals surface area contributed by atoms with Crippen molar-refractivity contribution in [1.29, 1.82) is 5.41 Å². The molecule has 0 fully saturated rings. The van der Waals surface area contributed by atoms with E-state index in [0.29, 0.717) is 17.7 Å². The van der Waals surface area contributed by atoms with Crippen LogP contribution in [0.3, 0.4) is 0 Å². The van der Waals surface area contributed by atoms with Gasteiger partial charge in [0.25, 0.3) is 0 Å². The summed E-state index contributed by atoms with van der Waals surface area (Å²) in [5.41, 5.74) is 6.66. The maximum absolute atomic E-state index is 11.3. The van der Waals surface area contributed by atoms with Crippen molar-refractivity contribution in [2.45, 2.75) is 25.2 Å². The van der Waals surface area contributed by atoms with Crippen LogP contribution in [0.4, 0.5) is 0 Å². The fourth-order valence-electron chi connectivity index (χ4n) is 2.22. The molecule has 2 aromatic carbocycles. The van der Waals surface area contributed by atoms with Crippen molar-refractivity contribution in [2.24, 2.45) is 5.73 Å². The molecule has 0 bridgehead atoms. The molecule has 4 N–H and O–H groups in total. The first-order chi connectivity index (χ1) is 11.3. The number of ether oxygens (including phenoxy) is 1. The number of amidine groups is 1. The minimum absolute atomic E-state index is 0.0116. The minimum atomic E-state index is -4.25. The lowest BCUT2D eigenvalue weighted by molar-refractivity contribution is 0.246. The Morgan fingerprint density at radius 1 is 1.12 bits per heavy atom. The quantitative estimate of drug-likeness (QED) is 0.404. The maximum Gasteiger partial charge on any atom is 0.303 e. The molecule has 0 spiro atoms. The highest BCUT2D eigenvalue weighted by atomic mass is 32.2. The van der Waals surface area contributed by atoms with Crippen molar-refractivity contribution in [3.05, 3.63) is 54.1 Å². The van der Waals surface area contributed by atoms with Gasteiger partial charge in [0.1, 0.15) is 11.6 Å². The van der Waals surface area contributed by atoms with Crippen molar-refractivity contribution in [2.75, 3.05) is 0 Å². The Kier molecular flexibility index (Phi) is 5.58. The largest absolute Gasteiger partial charge is 0.472 e. The zero-order valence-electron chi connectivity index (χ0n) is 13.3. The Bertz CT molecular complexity index is 799. The predicted octanol–water partition coefficient (Wildman–Crippen LogP) is 3.03. The van der Waals surface area contributed by atoms with Crippen LogP contribution in [0.5, 0.6) is 5.75 Å². The normalized spacial score (nSPS) is 12.6. The SMILES string of the molecule is CCCC(Oc1ccc(-c2ccc(C(=N)N)cc2)cc1)S(=O)(=O)O. The van der Waals surface area contributed by atoms with E-state index in [4.69, 9.17) is 15.9 Å². The van der Waals surface area contributed by atoms with Gasteiger partial charge in [-0.2, -0.15) is 8.42 Å². The molecule has 6 nitrogen and oxygen atoms in total. The summed E-state index contributed by atoms with van der Waals surface area (Å²) < 4.78 is 37.2. The van der Waals surface area contributed by atoms with Crippen LogP contribution in [0.1, 0.15) is 25.3 Å². The molecule has 0 aromatic heterocycles. The lowest BCUT2D eigenvalue weighted by atomic mass is 10.0. The van der Waals surface area contributed by atoms with E-state index in [1.165, 1.54) is 0 Å². The van der Waals surface area contributed by atoms with Crippen molar-refractivity contribution in [3.63, 3.8) is 0 Å². The highest BCUT2D eigenvalue weighted by Gasteiger charge is 2.23. The summed E-state index contributed by atoms with van der Waals surface area (Å²) in [5, 5.41) is 7.38. The molecule has 128 valence electrons. The van der Waals surface area contributed by atoms with E-state index in [1.807, 2.05) is 19.1 Å². The van der Waals surface area contributed by atoms with Gasteiger partial charge in [0.15, 0.2) is 0 Å². The number of benzene rings is 2. The van der Waals surface area contributed by atoms with Gasteiger partial charge in [-0.15, -0.1) is 0 Å². The van der Waals surface area contributed by atoms with E-state index in [2.05, 4.69) is 0 Å². The number of rotatable bonds is 7. The van der Waals surface area contributed by atoms with Gasteiger partial charge in [-0.1, -0.05) is 49.7 Å². The first-order valence-electron chi connectivity index (χ1n) is 7.49. The van der Waals surface area contributed by atoms with Crippen LogP contribution >= 0.6 is 0 Å². The third-order valence-corrected chi connectivity index (χ3v) is 4.50. The number of hydrogen-bond acceptors (Lipinski definition) is 4. The van der Waals surface area contributed by atoms with Gasteiger partial charge in [0.2, 0.25) is 5.44 Å². The summed E-state index contributed by atoms with van der Waals surface area (Å²) in [5.74, 6) is 0.382. The Balaban J connectivity index is 2.16. The van der Waals surface area contributed by atoms with Gasteiger partial charge in [-0.05, 0) is 23.3 Å². The molecule has 2 rings (SSSR count). The topological polar surface area (TPSA) is 113 Å². The Morgan fingerprint density at radius 3 is 2.04 bits per heavy atom. The molecule has 0 heterocycles. The Hall–Kier alpha value is -2.38. The smallest absolute Gasteiger partial charge is 0.303 e. The third kappa shape index (κ3) is 4.56. The van der Waals surface area contributed by atoms with Gasteiger partial charge in [-0.25, -0.2) is 0 Å². The molecule has 2 aromatic rings. The van der Waals surface area contributed by atoms with Crippen LogP contribution in [0.25, 0.3) is 11.1 Å². The van der Waals surface area contributed by atoms with Crippen LogP contribution in [0, 0.1) is 5.41 Å². The van der Waals surface area contributed by atoms with E-state index >= 15 is 0 Å². The molecule has 0 saturated heterocycles. The molecule has 0 radical (unpaired) electrons. The lowest BCUT2D eigenvalue weighted by Crippen LogP contribution is -2.26. The highest BCUT2D eigenvalue weighted by molar-refractivity contribution is 7.86. The monoisotopic (exact) mass is 348 g/mol. The van der Waals surface area contributed by atoms with E-state index < -0.39 is 15.6 Å². The second kappa shape index (κ2) is 7.46. The first-order valence-corrected chi connectivity index (χ1v) is 8.99. The molecular formula is C17H20N2O4S. The van der Waals surface area contributed by atoms with Gasteiger partial charge in [0.05, 0.1) is 0 Å². The van der Waals surface area contributed by atoms with Crippen molar-refractivity contribution in [1.82, 2.24) is 0 Å². The fraction of sp³-hybridized carbons (Fsp3) is 0.235.